The second-order valence-electron chi connectivity index (χ2n) is 9.82. The van der Waals surface area contributed by atoms with Crippen LogP contribution in [0.3, 0.4) is 0 Å². The Bertz CT molecular complexity index is 1350. The average molecular weight is 546 g/mol. The summed E-state index contributed by atoms with van der Waals surface area (Å²) in [7, 11) is 2.14. The SMILES string of the molecule is C[C@@H](Oc1cc(-n2cnc3c2C=C(CN2CCN(C)CC2)CC3)sc1C(N)=O)c1ccccc1C(F)(F)F. The van der Waals surface area contributed by atoms with Crippen LogP contribution in [0, 0.1) is 0 Å². The van der Waals surface area contributed by atoms with Crippen molar-refractivity contribution in [3.8, 4) is 10.8 Å². The van der Waals surface area contributed by atoms with Crippen LogP contribution in [0.15, 0.2) is 42.2 Å². The van der Waals surface area contributed by atoms with Crippen LogP contribution in [0.5, 0.6) is 5.75 Å². The molecule has 1 amide bonds. The molecule has 1 saturated heterocycles. The van der Waals surface area contributed by atoms with Crippen LogP contribution >= 0.6 is 11.3 Å². The Morgan fingerprint density at radius 1 is 1.18 bits per heavy atom. The van der Waals surface area contributed by atoms with Gasteiger partial charge in [0, 0.05) is 44.4 Å². The third-order valence-electron chi connectivity index (χ3n) is 7.08. The smallest absolute Gasteiger partial charge is 0.416 e. The fourth-order valence-corrected chi connectivity index (χ4v) is 5.91. The third kappa shape index (κ3) is 5.50. The average Bonchev–Trinajstić information content (AvgIpc) is 3.49. The molecule has 1 atom stereocenters. The molecule has 38 heavy (non-hydrogen) atoms. The maximum Gasteiger partial charge on any atom is 0.416 e. The predicted octanol–water partition coefficient (Wildman–Crippen LogP) is 4.77. The second kappa shape index (κ2) is 10.5. The molecule has 1 aliphatic heterocycles. The molecule has 2 aromatic heterocycles. The lowest BCUT2D eigenvalue weighted by Gasteiger charge is -2.33. The van der Waals surface area contributed by atoms with Crippen molar-refractivity contribution >= 4 is 23.3 Å². The molecule has 7 nitrogen and oxygen atoms in total. The number of aromatic nitrogens is 2. The number of alkyl halides is 3. The van der Waals surface area contributed by atoms with Crippen molar-refractivity contribution < 1.29 is 22.7 Å². The third-order valence-corrected chi connectivity index (χ3v) is 8.21. The largest absolute Gasteiger partial charge is 0.484 e. The normalized spacial score (nSPS) is 17.7. The molecule has 0 radical (unpaired) electrons. The van der Waals surface area contributed by atoms with Gasteiger partial charge in [-0.15, -0.1) is 11.3 Å². The lowest BCUT2D eigenvalue weighted by molar-refractivity contribution is -0.138. The number of imidazole rings is 1. The summed E-state index contributed by atoms with van der Waals surface area (Å²) in [6.45, 7) is 6.60. The molecule has 5 rings (SSSR count). The van der Waals surface area contributed by atoms with E-state index in [1.165, 1.54) is 30.7 Å². The number of nitrogens with zero attached hydrogens (tertiary/aromatic N) is 4. The lowest BCUT2D eigenvalue weighted by Crippen LogP contribution is -2.45. The molecule has 0 unspecified atom stereocenters. The van der Waals surface area contributed by atoms with Gasteiger partial charge >= 0.3 is 6.18 Å². The first-order chi connectivity index (χ1) is 18.1. The van der Waals surface area contributed by atoms with E-state index in [9.17, 15) is 18.0 Å². The number of thiophene rings is 1. The maximum atomic E-state index is 13.6. The summed E-state index contributed by atoms with van der Waals surface area (Å²) in [6, 6.07) is 6.92. The van der Waals surface area contributed by atoms with Crippen molar-refractivity contribution in [3.05, 3.63) is 69.6 Å². The molecule has 1 aliphatic carbocycles. The van der Waals surface area contributed by atoms with Crippen LogP contribution in [0.25, 0.3) is 11.1 Å². The molecule has 2 aliphatic rings. The summed E-state index contributed by atoms with van der Waals surface area (Å²) >= 11 is 1.14. The minimum Gasteiger partial charge on any atom is -0.484 e. The number of ether oxygens (including phenoxy) is 1. The highest BCUT2D eigenvalue weighted by Crippen LogP contribution is 2.39. The van der Waals surface area contributed by atoms with Crippen LogP contribution in [-0.2, 0) is 12.6 Å². The summed E-state index contributed by atoms with van der Waals surface area (Å²) in [5.41, 5.74) is 8.08. The number of halogens is 3. The van der Waals surface area contributed by atoms with Gasteiger partial charge < -0.3 is 15.4 Å². The summed E-state index contributed by atoms with van der Waals surface area (Å²) in [4.78, 5) is 21.8. The van der Waals surface area contributed by atoms with Crippen molar-refractivity contribution in [2.45, 2.75) is 32.0 Å². The van der Waals surface area contributed by atoms with Crippen LogP contribution in [0.4, 0.5) is 13.2 Å². The summed E-state index contributed by atoms with van der Waals surface area (Å²) in [6.07, 6.45) is 0.159. The fraction of sp³-hybridized carbons (Fsp3) is 0.407. The molecular formula is C27H30F3N5O2S. The first-order valence-electron chi connectivity index (χ1n) is 12.5. The van der Waals surface area contributed by atoms with E-state index >= 15 is 0 Å². The van der Waals surface area contributed by atoms with E-state index in [4.69, 9.17) is 10.5 Å². The highest BCUT2D eigenvalue weighted by molar-refractivity contribution is 7.16. The molecule has 0 saturated carbocycles. The molecule has 3 heterocycles. The van der Waals surface area contributed by atoms with Gasteiger partial charge in [-0.3, -0.25) is 14.3 Å². The van der Waals surface area contributed by atoms with Crippen LogP contribution in [-0.4, -0.2) is 65.0 Å². The van der Waals surface area contributed by atoms with Gasteiger partial charge in [0.1, 0.15) is 28.1 Å². The number of fused-ring (bicyclic) bond motifs is 1. The molecule has 202 valence electrons. The number of hydrogen-bond donors (Lipinski definition) is 1. The minimum absolute atomic E-state index is 0.0142. The number of carbonyl (C=O) groups excluding carboxylic acids is 1. The Balaban J connectivity index is 1.42. The zero-order valence-corrected chi connectivity index (χ0v) is 22.1. The van der Waals surface area contributed by atoms with E-state index < -0.39 is 23.8 Å². The molecule has 11 heteroatoms. The van der Waals surface area contributed by atoms with Crippen molar-refractivity contribution in [1.29, 1.82) is 0 Å². The Labute approximate surface area is 223 Å². The number of carbonyl (C=O) groups is 1. The molecule has 0 spiro atoms. The highest BCUT2D eigenvalue weighted by atomic mass is 32.1. The van der Waals surface area contributed by atoms with Crippen LogP contribution < -0.4 is 10.5 Å². The quantitative estimate of drug-likeness (QED) is 0.463. The lowest BCUT2D eigenvalue weighted by atomic mass is 9.99. The van der Waals surface area contributed by atoms with Gasteiger partial charge in [0.25, 0.3) is 5.91 Å². The molecular weight excluding hydrogens is 515 g/mol. The van der Waals surface area contributed by atoms with Crippen LogP contribution in [0.1, 0.15) is 51.6 Å². The predicted molar refractivity (Wildman–Crippen MR) is 141 cm³/mol. The van der Waals surface area contributed by atoms with Crippen molar-refractivity contribution in [3.63, 3.8) is 0 Å². The first kappa shape index (κ1) is 26.5. The maximum absolute atomic E-state index is 13.6. The number of aryl methyl sites for hydroxylation is 1. The summed E-state index contributed by atoms with van der Waals surface area (Å²) < 4.78 is 48.5. The number of primary amides is 1. The number of amides is 1. The number of hydrogen-bond acceptors (Lipinski definition) is 6. The topological polar surface area (TPSA) is 76.6 Å². The standard InChI is InChI=1S/C27H30F3N5O2S/c1-17(19-5-3-4-6-20(19)27(28,29)30)37-23-14-24(38-25(23)26(31)36)35-16-32-21-8-7-18(13-22(21)35)15-34-11-9-33(2)10-12-34/h3-6,13-14,16-17H,7-12,15H2,1-2H3,(H2,31,36)/t17-/m1/s1. The van der Waals surface area contributed by atoms with E-state index in [2.05, 4.69) is 27.9 Å². The van der Waals surface area contributed by atoms with Gasteiger partial charge in [-0.25, -0.2) is 4.98 Å². The Hall–Kier alpha value is -3.15. The van der Waals surface area contributed by atoms with Gasteiger partial charge in [-0.05, 0) is 39.0 Å². The number of nitrogens with two attached hydrogens (primary N) is 1. The fourth-order valence-electron chi connectivity index (χ4n) is 4.98. The zero-order chi connectivity index (χ0) is 27.0. The molecule has 1 fully saturated rings. The number of piperazine rings is 1. The monoisotopic (exact) mass is 545 g/mol. The minimum atomic E-state index is -4.52. The molecule has 2 N–H and O–H groups in total. The summed E-state index contributed by atoms with van der Waals surface area (Å²) in [5, 5.41) is 0.663. The first-order valence-corrected chi connectivity index (χ1v) is 13.3. The van der Waals surface area contributed by atoms with Crippen molar-refractivity contribution in [2.75, 3.05) is 39.8 Å². The van der Waals surface area contributed by atoms with Gasteiger partial charge in [0.05, 0.1) is 17.0 Å². The van der Waals surface area contributed by atoms with Gasteiger partial charge in [-0.1, -0.05) is 23.8 Å². The van der Waals surface area contributed by atoms with Gasteiger partial charge in [-0.2, -0.15) is 13.2 Å². The molecule has 3 aromatic rings. The Kier molecular flexibility index (Phi) is 7.34. The van der Waals surface area contributed by atoms with Crippen molar-refractivity contribution in [2.24, 2.45) is 5.73 Å². The number of rotatable bonds is 7. The van der Waals surface area contributed by atoms with Crippen LogP contribution in [0.2, 0.25) is 0 Å². The summed E-state index contributed by atoms with van der Waals surface area (Å²) in [5.74, 6) is -0.547. The van der Waals surface area contributed by atoms with E-state index in [1.807, 2.05) is 4.57 Å². The Morgan fingerprint density at radius 3 is 2.63 bits per heavy atom. The Morgan fingerprint density at radius 2 is 1.92 bits per heavy atom. The van der Waals surface area contributed by atoms with Gasteiger partial charge in [0.15, 0.2) is 0 Å². The molecule has 1 aromatic carbocycles. The zero-order valence-electron chi connectivity index (χ0n) is 21.3. The van der Waals surface area contributed by atoms with E-state index in [0.717, 1.165) is 74.4 Å². The number of benzene rings is 1. The molecule has 0 bridgehead atoms. The van der Waals surface area contributed by atoms with Gasteiger partial charge in [0.2, 0.25) is 0 Å². The van der Waals surface area contributed by atoms with E-state index in [1.54, 1.807) is 12.4 Å². The van der Waals surface area contributed by atoms with E-state index in [-0.39, 0.29) is 16.2 Å². The highest BCUT2D eigenvalue weighted by Gasteiger charge is 2.35. The van der Waals surface area contributed by atoms with E-state index in [0.29, 0.717) is 5.00 Å². The second-order valence-corrected chi connectivity index (χ2v) is 10.8. The number of likely N-dealkylation sites (N-methyl/N-ethyl adjacent to an activating group) is 1. The van der Waals surface area contributed by atoms with Crippen molar-refractivity contribution in [1.82, 2.24) is 19.4 Å².